The number of unbranched alkanes of at least 4 members (excludes halogenated alkanes) is 1. The first kappa shape index (κ1) is 15.5. The number of hydrogen-bond acceptors (Lipinski definition) is 2. The van der Waals surface area contributed by atoms with E-state index in [0.717, 1.165) is 13.1 Å². The van der Waals surface area contributed by atoms with E-state index in [-0.39, 0.29) is 0 Å². The van der Waals surface area contributed by atoms with E-state index in [1.807, 2.05) is 0 Å². The van der Waals surface area contributed by atoms with Crippen molar-refractivity contribution in [2.45, 2.75) is 58.5 Å². The lowest BCUT2D eigenvalue weighted by Crippen LogP contribution is -2.43. The van der Waals surface area contributed by atoms with E-state index < -0.39 is 0 Å². The first-order chi connectivity index (χ1) is 9.81. The molecule has 20 heavy (non-hydrogen) atoms. The number of benzene rings is 1. The number of nitrogens with zero attached hydrogens (tertiary/aromatic N) is 1. The molecule has 0 aliphatic heterocycles. The molecule has 0 spiro atoms. The van der Waals surface area contributed by atoms with Crippen molar-refractivity contribution in [3.8, 4) is 0 Å². The van der Waals surface area contributed by atoms with Crippen LogP contribution in [-0.4, -0.2) is 30.6 Å². The lowest BCUT2D eigenvalue weighted by atomic mass is 10.1. The molecule has 2 rings (SSSR count). The fourth-order valence-electron chi connectivity index (χ4n) is 3.38. The SMILES string of the molecule is CCCCN(CC)C1Cc2ccccc2C1NCCC. The van der Waals surface area contributed by atoms with Crippen LogP contribution in [0, 0.1) is 0 Å². The van der Waals surface area contributed by atoms with Crippen LogP contribution in [0.2, 0.25) is 0 Å². The Labute approximate surface area is 124 Å². The van der Waals surface area contributed by atoms with Gasteiger partial charge in [-0.15, -0.1) is 0 Å². The highest BCUT2D eigenvalue weighted by molar-refractivity contribution is 5.37. The number of rotatable bonds is 8. The van der Waals surface area contributed by atoms with Gasteiger partial charge in [-0.1, -0.05) is 51.5 Å². The van der Waals surface area contributed by atoms with E-state index >= 15 is 0 Å². The predicted octanol–water partition coefficient (Wildman–Crippen LogP) is 3.77. The minimum atomic E-state index is 0.517. The van der Waals surface area contributed by atoms with Crippen molar-refractivity contribution in [2.75, 3.05) is 19.6 Å². The second kappa shape index (κ2) is 7.80. The quantitative estimate of drug-likeness (QED) is 0.776. The van der Waals surface area contributed by atoms with Crippen molar-refractivity contribution in [3.63, 3.8) is 0 Å². The molecular weight excluding hydrogens is 244 g/mol. The molecule has 2 nitrogen and oxygen atoms in total. The number of nitrogens with one attached hydrogen (secondary N) is 1. The minimum Gasteiger partial charge on any atom is -0.309 e. The van der Waals surface area contributed by atoms with Crippen molar-refractivity contribution in [2.24, 2.45) is 0 Å². The normalized spacial score (nSPS) is 21.4. The maximum atomic E-state index is 3.79. The van der Waals surface area contributed by atoms with Crippen molar-refractivity contribution in [3.05, 3.63) is 35.4 Å². The van der Waals surface area contributed by atoms with Crippen LogP contribution in [0.5, 0.6) is 0 Å². The zero-order chi connectivity index (χ0) is 14.4. The van der Waals surface area contributed by atoms with E-state index in [1.54, 1.807) is 5.56 Å². The molecule has 0 aromatic heterocycles. The van der Waals surface area contributed by atoms with Gasteiger partial charge < -0.3 is 5.32 Å². The monoisotopic (exact) mass is 274 g/mol. The summed E-state index contributed by atoms with van der Waals surface area (Å²) in [6, 6.07) is 10.1. The number of hydrogen-bond donors (Lipinski definition) is 1. The maximum Gasteiger partial charge on any atom is 0.0484 e. The lowest BCUT2D eigenvalue weighted by molar-refractivity contribution is 0.172. The summed E-state index contributed by atoms with van der Waals surface area (Å²) in [6.45, 7) is 10.3. The van der Waals surface area contributed by atoms with Gasteiger partial charge in [0.15, 0.2) is 0 Å². The molecule has 0 saturated heterocycles. The van der Waals surface area contributed by atoms with Crippen LogP contribution < -0.4 is 5.32 Å². The van der Waals surface area contributed by atoms with Crippen LogP contribution in [0.15, 0.2) is 24.3 Å². The molecule has 0 amide bonds. The smallest absolute Gasteiger partial charge is 0.0484 e. The van der Waals surface area contributed by atoms with Crippen LogP contribution in [0.25, 0.3) is 0 Å². The third-order valence-electron chi connectivity index (χ3n) is 4.49. The molecule has 2 atom stereocenters. The van der Waals surface area contributed by atoms with E-state index in [4.69, 9.17) is 0 Å². The summed E-state index contributed by atoms with van der Waals surface area (Å²) >= 11 is 0. The van der Waals surface area contributed by atoms with Gasteiger partial charge in [0.05, 0.1) is 0 Å². The Bertz CT molecular complexity index is 402. The maximum absolute atomic E-state index is 3.79. The Morgan fingerprint density at radius 3 is 2.65 bits per heavy atom. The highest BCUT2D eigenvalue weighted by Gasteiger charge is 2.34. The molecule has 1 aromatic carbocycles. The van der Waals surface area contributed by atoms with Crippen LogP contribution in [-0.2, 0) is 6.42 Å². The summed E-state index contributed by atoms with van der Waals surface area (Å²) in [5.41, 5.74) is 3.07. The Morgan fingerprint density at radius 1 is 1.15 bits per heavy atom. The van der Waals surface area contributed by atoms with Gasteiger partial charge in [-0.3, -0.25) is 4.90 Å². The predicted molar refractivity (Wildman–Crippen MR) is 87.1 cm³/mol. The zero-order valence-corrected chi connectivity index (χ0v) is 13.4. The Balaban J connectivity index is 2.15. The van der Waals surface area contributed by atoms with Gasteiger partial charge in [-0.05, 0) is 50.0 Å². The molecule has 0 fully saturated rings. The van der Waals surface area contributed by atoms with Gasteiger partial charge in [0.2, 0.25) is 0 Å². The van der Waals surface area contributed by atoms with Gasteiger partial charge in [0.1, 0.15) is 0 Å². The van der Waals surface area contributed by atoms with Crippen LogP contribution in [0.1, 0.15) is 57.2 Å². The van der Waals surface area contributed by atoms with Crippen LogP contribution in [0.4, 0.5) is 0 Å². The number of likely N-dealkylation sites (N-methyl/N-ethyl adjacent to an activating group) is 1. The summed E-state index contributed by atoms with van der Waals surface area (Å²) in [6.07, 6.45) is 4.99. The topological polar surface area (TPSA) is 15.3 Å². The fourth-order valence-corrected chi connectivity index (χ4v) is 3.38. The second-order valence-corrected chi connectivity index (χ2v) is 5.88. The summed E-state index contributed by atoms with van der Waals surface area (Å²) in [7, 11) is 0. The van der Waals surface area contributed by atoms with E-state index in [0.29, 0.717) is 12.1 Å². The molecule has 1 N–H and O–H groups in total. The third kappa shape index (κ3) is 3.42. The summed E-state index contributed by atoms with van der Waals surface area (Å²) in [5.74, 6) is 0. The van der Waals surface area contributed by atoms with Crippen molar-refractivity contribution >= 4 is 0 Å². The Kier molecular flexibility index (Phi) is 6.06. The third-order valence-corrected chi connectivity index (χ3v) is 4.49. The lowest BCUT2D eigenvalue weighted by Gasteiger charge is -2.33. The molecule has 2 heteroatoms. The van der Waals surface area contributed by atoms with Crippen LogP contribution >= 0.6 is 0 Å². The molecule has 1 aliphatic carbocycles. The zero-order valence-electron chi connectivity index (χ0n) is 13.4. The largest absolute Gasteiger partial charge is 0.309 e. The van der Waals surface area contributed by atoms with Gasteiger partial charge in [-0.2, -0.15) is 0 Å². The molecule has 0 heterocycles. The van der Waals surface area contributed by atoms with Crippen molar-refractivity contribution < 1.29 is 0 Å². The highest BCUT2D eigenvalue weighted by Crippen LogP contribution is 2.34. The molecule has 1 aliphatic rings. The molecular formula is C18H30N2. The number of fused-ring (bicyclic) bond motifs is 1. The Morgan fingerprint density at radius 2 is 1.95 bits per heavy atom. The molecule has 112 valence electrons. The highest BCUT2D eigenvalue weighted by atomic mass is 15.2. The Hall–Kier alpha value is -0.860. The molecule has 0 radical (unpaired) electrons. The summed E-state index contributed by atoms with van der Waals surface area (Å²) in [4.78, 5) is 2.68. The van der Waals surface area contributed by atoms with Gasteiger partial charge in [-0.25, -0.2) is 0 Å². The summed E-state index contributed by atoms with van der Waals surface area (Å²) < 4.78 is 0. The summed E-state index contributed by atoms with van der Waals surface area (Å²) in [5, 5.41) is 3.79. The minimum absolute atomic E-state index is 0.517. The molecule has 0 saturated carbocycles. The molecule has 2 unspecified atom stereocenters. The average molecular weight is 274 g/mol. The van der Waals surface area contributed by atoms with Crippen LogP contribution in [0.3, 0.4) is 0 Å². The van der Waals surface area contributed by atoms with E-state index in [9.17, 15) is 0 Å². The molecule has 1 aromatic rings. The molecule has 0 bridgehead atoms. The average Bonchev–Trinajstić information content (AvgIpc) is 2.84. The van der Waals surface area contributed by atoms with Gasteiger partial charge in [0.25, 0.3) is 0 Å². The van der Waals surface area contributed by atoms with Gasteiger partial charge >= 0.3 is 0 Å². The van der Waals surface area contributed by atoms with Crippen molar-refractivity contribution in [1.82, 2.24) is 10.2 Å². The first-order valence-electron chi connectivity index (χ1n) is 8.37. The first-order valence-corrected chi connectivity index (χ1v) is 8.37. The van der Waals surface area contributed by atoms with E-state index in [2.05, 4.69) is 55.3 Å². The fraction of sp³-hybridized carbons (Fsp3) is 0.667. The second-order valence-electron chi connectivity index (χ2n) is 5.88. The van der Waals surface area contributed by atoms with Gasteiger partial charge in [0, 0.05) is 12.1 Å². The van der Waals surface area contributed by atoms with E-state index in [1.165, 1.54) is 37.8 Å². The standard InChI is InChI=1S/C18H30N2/c1-4-7-13-20(6-3)17-14-15-10-8-9-11-16(15)18(17)19-12-5-2/h8-11,17-19H,4-7,12-14H2,1-3H3. The van der Waals surface area contributed by atoms with Crippen molar-refractivity contribution in [1.29, 1.82) is 0 Å².